The normalized spacial score (nSPS) is 25.3. The fraction of sp³-hybridized carbons (Fsp3) is 0.765. The minimum absolute atomic E-state index is 0.000761. The highest BCUT2D eigenvalue weighted by Crippen LogP contribution is 2.33. The lowest BCUT2D eigenvalue weighted by Crippen LogP contribution is -2.45. The van der Waals surface area contributed by atoms with Crippen molar-refractivity contribution in [3.05, 3.63) is 12.2 Å². The zero-order valence-electron chi connectivity index (χ0n) is 14.9. The third-order valence-electron chi connectivity index (χ3n) is 4.41. The second-order valence-corrected chi connectivity index (χ2v) is 7.12. The van der Waals surface area contributed by atoms with Crippen molar-refractivity contribution >= 4 is 11.9 Å². The van der Waals surface area contributed by atoms with E-state index in [0.29, 0.717) is 24.6 Å². The predicted molar refractivity (Wildman–Crippen MR) is 94.5 cm³/mol. The molecule has 0 aromatic rings. The Morgan fingerprint density at radius 1 is 1.39 bits per heavy atom. The van der Waals surface area contributed by atoms with Gasteiger partial charge in [0.25, 0.3) is 0 Å². The molecule has 1 amide bonds. The van der Waals surface area contributed by atoms with Gasteiger partial charge in [0.2, 0.25) is 5.91 Å². The summed E-state index contributed by atoms with van der Waals surface area (Å²) in [7, 11) is 3.50. The molecule has 1 saturated carbocycles. The Labute approximate surface area is 140 Å². The van der Waals surface area contributed by atoms with Crippen LogP contribution < -0.4 is 10.6 Å². The van der Waals surface area contributed by atoms with Crippen LogP contribution in [0.25, 0.3) is 0 Å². The highest BCUT2D eigenvalue weighted by atomic mass is 16.2. The molecule has 23 heavy (non-hydrogen) atoms. The molecular weight excluding hydrogens is 290 g/mol. The van der Waals surface area contributed by atoms with Crippen molar-refractivity contribution in [2.75, 3.05) is 33.7 Å². The molecule has 0 radical (unpaired) electrons. The summed E-state index contributed by atoms with van der Waals surface area (Å²) in [4.78, 5) is 20.4. The van der Waals surface area contributed by atoms with E-state index in [1.807, 2.05) is 6.92 Å². The molecule has 1 aliphatic carbocycles. The zero-order valence-corrected chi connectivity index (χ0v) is 14.9. The van der Waals surface area contributed by atoms with Crippen molar-refractivity contribution in [1.82, 2.24) is 20.4 Å². The van der Waals surface area contributed by atoms with Crippen LogP contribution in [0, 0.1) is 0 Å². The molecule has 2 aliphatic rings. The van der Waals surface area contributed by atoms with Crippen LogP contribution in [0.2, 0.25) is 0 Å². The highest BCUT2D eigenvalue weighted by molar-refractivity contribution is 5.85. The largest absolute Gasteiger partial charge is 0.353 e. The Morgan fingerprint density at radius 3 is 2.65 bits per heavy atom. The summed E-state index contributed by atoms with van der Waals surface area (Å²) in [6.07, 6.45) is 3.79. The van der Waals surface area contributed by atoms with E-state index < -0.39 is 0 Å². The summed E-state index contributed by atoms with van der Waals surface area (Å²) in [5, 5.41) is 6.76. The van der Waals surface area contributed by atoms with Crippen LogP contribution in [-0.4, -0.2) is 73.5 Å². The number of likely N-dealkylation sites (N-methyl/N-ethyl adjacent to an activating group) is 1. The fourth-order valence-corrected chi connectivity index (χ4v) is 2.94. The van der Waals surface area contributed by atoms with Crippen LogP contribution in [0.4, 0.5) is 0 Å². The van der Waals surface area contributed by atoms with Gasteiger partial charge in [-0.2, -0.15) is 0 Å². The van der Waals surface area contributed by atoms with Gasteiger partial charge < -0.3 is 15.5 Å². The molecule has 0 spiro atoms. The van der Waals surface area contributed by atoms with E-state index in [0.717, 1.165) is 24.6 Å². The second-order valence-electron chi connectivity index (χ2n) is 7.12. The number of carbonyl (C=O) groups is 1. The topological polar surface area (TPSA) is 60.0 Å². The smallest absolute Gasteiger partial charge is 0.243 e. The number of guanidine groups is 1. The van der Waals surface area contributed by atoms with Gasteiger partial charge in [0.15, 0.2) is 5.96 Å². The van der Waals surface area contributed by atoms with Crippen LogP contribution in [-0.2, 0) is 4.79 Å². The molecule has 1 aliphatic heterocycles. The SMILES string of the molecule is C=C(C)CNC(=NCC(=O)N(C)C)NC1CC(C)N(C2CC2)C1. The van der Waals surface area contributed by atoms with Crippen LogP contribution in [0.5, 0.6) is 0 Å². The molecule has 2 rings (SSSR count). The van der Waals surface area contributed by atoms with E-state index >= 15 is 0 Å². The lowest BCUT2D eigenvalue weighted by Gasteiger charge is -2.20. The van der Waals surface area contributed by atoms with Crippen molar-refractivity contribution < 1.29 is 4.79 Å². The number of carbonyl (C=O) groups excluding carboxylic acids is 1. The number of amides is 1. The van der Waals surface area contributed by atoms with Gasteiger partial charge in [-0.25, -0.2) is 4.99 Å². The third kappa shape index (κ3) is 5.53. The molecule has 130 valence electrons. The van der Waals surface area contributed by atoms with Crippen molar-refractivity contribution in [2.45, 2.75) is 51.2 Å². The average molecular weight is 321 g/mol. The first-order chi connectivity index (χ1) is 10.9. The molecular formula is C17H31N5O. The van der Waals surface area contributed by atoms with E-state index in [1.165, 1.54) is 12.8 Å². The molecule has 2 unspecified atom stereocenters. The van der Waals surface area contributed by atoms with Gasteiger partial charge in [0.1, 0.15) is 6.54 Å². The first-order valence-corrected chi connectivity index (χ1v) is 8.52. The maximum absolute atomic E-state index is 11.8. The summed E-state index contributed by atoms with van der Waals surface area (Å²) in [5.41, 5.74) is 1.04. The van der Waals surface area contributed by atoms with E-state index in [2.05, 4.69) is 34.0 Å². The van der Waals surface area contributed by atoms with Gasteiger partial charge in [-0.05, 0) is 33.1 Å². The van der Waals surface area contributed by atoms with Gasteiger partial charge in [0.05, 0.1) is 0 Å². The minimum atomic E-state index is 0.000761. The number of nitrogens with zero attached hydrogens (tertiary/aromatic N) is 3. The Morgan fingerprint density at radius 2 is 2.09 bits per heavy atom. The third-order valence-corrected chi connectivity index (χ3v) is 4.41. The number of hydrogen-bond acceptors (Lipinski definition) is 3. The molecule has 1 saturated heterocycles. The number of nitrogens with one attached hydrogen (secondary N) is 2. The van der Waals surface area contributed by atoms with Crippen molar-refractivity contribution in [3.8, 4) is 0 Å². The fourth-order valence-electron chi connectivity index (χ4n) is 2.94. The number of hydrogen-bond donors (Lipinski definition) is 2. The van der Waals surface area contributed by atoms with Gasteiger partial charge in [-0.15, -0.1) is 0 Å². The molecule has 0 bridgehead atoms. The van der Waals surface area contributed by atoms with Crippen LogP contribution in [0.15, 0.2) is 17.1 Å². The first kappa shape index (κ1) is 17.8. The average Bonchev–Trinajstić information content (AvgIpc) is 3.25. The second kappa shape index (κ2) is 7.81. The summed E-state index contributed by atoms with van der Waals surface area (Å²) >= 11 is 0. The molecule has 1 heterocycles. The standard InChI is InChI=1S/C17H31N5O/c1-12(2)9-18-17(19-10-16(23)21(4)5)20-14-8-13(3)22(11-14)15-6-7-15/h13-15H,1,6-11H2,2-5H3,(H2,18,19,20). The lowest BCUT2D eigenvalue weighted by atomic mass is 10.2. The first-order valence-electron chi connectivity index (χ1n) is 8.52. The van der Waals surface area contributed by atoms with Gasteiger partial charge in [-0.1, -0.05) is 12.2 Å². The maximum atomic E-state index is 11.8. The zero-order chi connectivity index (χ0) is 17.0. The van der Waals surface area contributed by atoms with Crippen molar-refractivity contribution in [2.24, 2.45) is 4.99 Å². The van der Waals surface area contributed by atoms with E-state index in [-0.39, 0.29) is 12.5 Å². The van der Waals surface area contributed by atoms with Gasteiger partial charge in [-0.3, -0.25) is 9.69 Å². The molecule has 6 heteroatoms. The minimum Gasteiger partial charge on any atom is -0.353 e. The van der Waals surface area contributed by atoms with E-state index in [4.69, 9.17) is 0 Å². The number of likely N-dealkylation sites (tertiary alicyclic amines) is 1. The number of aliphatic imine (C=N–C) groups is 1. The van der Waals surface area contributed by atoms with Crippen LogP contribution in [0.3, 0.4) is 0 Å². The molecule has 2 fully saturated rings. The molecule has 0 aromatic heterocycles. The summed E-state index contributed by atoms with van der Waals surface area (Å²) < 4.78 is 0. The van der Waals surface area contributed by atoms with Crippen LogP contribution in [0.1, 0.15) is 33.1 Å². The predicted octanol–water partition coefficient (Wildman–Crippen LogP) is 0.811. The Kier molecular flexibility index (Phi) is 6.04. The highest BCUT2D eigenvalue weighted by Gasteiger charge is 2.38. The molecule has 0 aromatic carbocycles. The summed E-state index contributed by atoms with van der Waals surface area (Å²) in [5.74, 6) is 0.707. The summed E-state index contributed by atoms with van der Waals surface area (Å²) in [6.45, 7) is 10.1. The van der Waals surface area contributed by atoms with E-state index in [9.17, 15) is 4.79 Å². The van der Waals surface area contributed by atoms with Crippen LogP contribution >= 0.6 is 0 Å². The van der Waals surface area contributed by atoms with E-state index in [1.54, 1.807) is 19.0 Å². The molecule has 6 nitrogen and oxygen atoms in total. The molecule has 2 N–H and O–H groups in total. The Balaban J connectivity index is 1.92. The Bertz CT molecular complexity index is 470. The maximum Gasteiger partial charge on any atom is 0.243 e. The van der Waals surface area contributed by atoms with Gasteiger partial charge >= 0.3 is 0 Å². The Hall–Kier alpha value is -1.56. The van der Waals surface area contributed by atoms with Gasteiger partial charge in [0, 0.05) is 45.3 Å². The quantitative estimate of drug-likeness (QED) is 0.432. The molecule has 2 atom stereocenters. The van der Waals surface area contributed by atoms with Crippen molar-refractivity contribution in [3.63, 3.8) is 0 Å². The lowest BCUT2D eigenvalue weighted by molar-refractivity contribution is -0.127. The monoisotopic (exact) mass is 321 g/mol. The van der Waals surface area contributed by atoms with Crippen molar-refractivity contribution in [1.29, 1.82) is 0 Å². The summed E-state index contributed by atoms with van der Waals surface area (Å²) in [6, 6.07) is 1.79. The number of rotatable bonds is 6.